The highest BCUT2D eigenvalue weighted by atomic mass is 32.2. The Balaban J connectivity index is 1.65. The van der Waals surface area contributed by atoms with Gasteiger partial charge >= 0.3 is 0 Å². The third kappa shape index (κ3) is 3.90. The van der Waals surface area contributed by atoms with Gasteiger partial charge in [0.15, 0.2) is 0 Å². The van der Waals surface area contributed by atoms with Crippen LogP contribution in [0.2, 0.25) is 0 Å². The Morgan fingerprint density at radius 2 is 1.66 bits per heavy atom. The first-order chi connectivity index (χ1) is 14.0. The molecule has 2 aliphatic rings. The Kier molecular flexibility index (Phi) is 5.38. The van der Waals surface area contributed by atoms with Crippen molar-refractivity contribution >= 4 is 33.2 Å². The number of rotatable bonds is 3. The van der Waals surface area contributed by atoms with E-state index in [2.05, 4.69) is 5.32 Å². The van der Waals surface area contributed by atoms with E-state index in [4.69, 9.17) is 0 Å². The number of carbonyl (C=O) groups is 2. The fourth-order valence-corrected chi connectivity index (χ4v) is 5.35. The van der Waals surface area contributed by atoms with Gasteiger partial charge in [0.05, 0.1) is 16.3 Å². The van der Waals surface area contributed by atoms with Crippen molar-refractivity contribution in [2.75, 3.05) is 29.9 Å². The fraction of sp³-hybridized carbons (Fsp3) is 0.333. The minimum Gasteiger partial charge on any atom is -0.323 e. The molecule has 0 saturated carbocycles. The Morgan fingerprint density at radius 1 is 0.931 bits per heavy atom. The molecule has 1 fully saturated rings. The second-order valence-corrected chi connectivity index (χ2v) is 9.24. The summed E-state index contributed by atoms with van der Waals surface area (Å²) in [6.45, 7) is 0.888. The van der Waals surface area contributed by atoms with Crippen molar-refractivity contribution in [1.82, 2.24) is 4.31 Å². The number of nitrogens with one attached hydrogen (secondary N) is 1. The summed E-state index contributed by atoms with van der Waals surface area (Å²) in [4.78, 5) is 26.7. The van der Waals surface area contributed by atoms with E-state index in [0.29, 0.717) is 24.5 Å². The van der Waals surface area contributed by atoms with Crippen LogP contribution in [0.25, 0.3) is 0 Å². The lowest BCUT2D eigenvalue weighted by Gasteiger charge is -2.29. The van der Waals surface area contributed by atoms with E-state index >= 15 is 0 Å². The van der Waals surface area contributed by atoms with Gasteiger partial charge in [-0.05, 0) is 43.2 Å². The summed E-state index contributed by atoms with van der Waals surface area (Å²) in [6.07, 6.45) is 3.75. The van der Waals surface area contributed by atoms with Gasteiger partial charge in [0.25, 0.3) is 5.91 Å². The van der Waals surface area contributed by atoms with Gasteiger partial charge in [-0.25, -0.2) is 8.42 Å². The number of para-hydroxylation sites is 2. The van der Waals surface area contributed by atoms with Crippen LogP contribution in [-0.2, 0) is 14.8 Å². The number of hydrogen-bond acceptors (Lipinski definition) is 4. The third-order valence-electron chi connectivity index (χ3n) is 5.30. The number of fused-ring (bicyclic) bond motifs is 1. The van der Waals surface area contributed by atoms with Crippen molar-refractivity contribution in [2.45, 2.75) is 30.6 Å². The largest absolute Gasteiger partial charge is 0.323 e. The van der Waals surface area contributed by atoms with Gasteiger partial charge < -0.3 is 5.32 Å². The molecule has 2 aliphatic heterocycles. The second-order valence-electron chi connectivity index (χ2n) is 7.30. The van der Waals surface area contributed by atoms with Crippen molar-refractivity contribution in [3.8, 4) is 0 Å². The minimum absolute atomic E-state index is 0.111. The van der Waals surface area contributed by atoms with Crippen LogP contribution in [0, 0.1) is 0 Å². The first-order valence-electron chi connectivity index (χ1n) is 9.78. The lowest BCUT2D eigenvalue weighted by molar-refractivity contribution is -0.115. The summed E-state index contributed by atoms with van der Waals surface area (Å²) in [6, 6.07) is 13.1. The average Bonchev–Trinajstić information content (AvgIpc) is 3.03. The zero-order chi connectivity index (χ0) is 20.4. The van der Waals surface area contributed by atoms with E-state index in [-0.39, 0.29) is 22.9 Å². The van der Waals surface area contributed by atoms with E-state index in [1.165, 1.54) is 21.3 Å². The van der Waals surface area contributed by atoms with E-state index in [9.17, 15) is 18.0 Å². The molecule has 7 nitrogen and oxygen atoms in total. The van der Waals surface area contributed by atoms with Gasteiger partial charge in [0.2, 0.25) is 15.9 Å². The monoisotopic (exact) mass is 413 g/mol. The molecule has 0 aromatic heterocycles. The summed E-state index contributed by atoms with van der Waals surface area (Å²) < 4.78 is 27.7. The highest BCUT2D eigenvalue weighted by Crippen LogP contribution is 2.30. The molecule has 1 saturated heterocycles. The second kappa shape index (κ2) is 7.96. The molecule has 2 amide bonds. The molecule has 8 heteroatoms. The smallest absolute Gasteiger partial charge is 0.258 e. The SMILES string of the molecule is O=C1CN(C(=O)c2cccc(S(=O)(=O)N3CCCCCC3)c2)c2ccccc2N1. The molecule has 0 bridgehead atoms. The summed E-state index contributed by atoms with van der Waals surface area (Å²) in [5.41, 5.74) is 1.40. The minimum atomic E-state index is -3.66. The molecule has 0 unspecified atom stereocenters. The zero-order valence-electron chi connectivity index (χ0n) is 16.0. The Morgan fingerprint density at radius 3 is 2.41 bits per heavy atom. The zero-order valence-corrected chi connectivity index (χ0v) is 16.8. The maximum absolute atomic E-state index is 13.2. The van der Waals surface area contributed by atoms with Crippen LogP contribution in [0.15, 0.2) is 53.4 Å². The van der Waals surface area contributed by atoms with Crippen molar-refractivity contribution in [3.63, 3.8) is 0 Å². The first-order valence-corrected chi connectivity index (χ1v) is 11.2. The summed E-state index contributed by atoms with van der Waals surface area (Å²) in [5.74, 6) is -0.689. The normalized spacial score (nSPS) is 17.9. The van der Waals surface area contributed by atoms with E-state index in [0.717, 1.165) is 25.7 Å². The van der Waals surface area contributed by atoms with Gasteiger partial charge in [0.1, 0.15) is 6.54 Å². The molecule has 152 valence electrons. The van der Waals surface area contributed by atoms with Crippen LogP contribution in [0.3, 0.4) is 0 Å². The van der Waals surface area contributed by atoms with Crippen molar-refractivity contribution in [2.24, 2.45) is 0 Å². The number of carbonyl (C=O) groups excluding carboxylic acids is 2. The molecule has 2 heterocycles. The third-order valence-corrected chi connectivity index (χ3v) is 7.19. The average molecular weight is 413 g/mol. The number of benzene rings is 2. The quantitative estimate of drug-likeness (QED) is 0.838. The van der Waals surface area contributed by atoms with E-state index < -0.39 is 15.9 Å². The summed E-state index contributed by atoms with van der Waals surface area (Å²) in [5, 5.41) is 2.75. The lowest BCUT2D eigenvalue weighted by atomic mass is 10.1. The highest BCUT2D eigenvalue weighted by Gasteiger charge is 2.29. The maximum atomic E-state index is 13.2. The van der Waals surface area contributed by atoms with E-state index in [1.807, 2.05) is 0 Å². The molecule has 0 aliphatic carbocycles. The van der Waals surface area contributed by atoms with Gasteiger partial charge in [0, 0.05) is 18.7 Å². The van der Waals surface area contributed by atoms with Crippen LogP contribution in [0.1, 0.15) is 36.0 Å². The molecular formula is C21H23N3O4S. The predicted octanol–water partition coefficient (Wildman–Crippen LogP) is 2.85. The number of sulfonamides is 1. The highest BCUT2D eigenvalue weighted by molar-refractivity contribution is 7.89. The predicted molar refractivity (Wildman–Crippen MR) is 110 cm³/mol. The fourth-order valence-electron chi connectivity index (χ4n) is 3.79. The molecule has 0 atom stereocenters. The van der Waals surface area contributed by atoms with Crippen molar-refractivity contribution in [3.05, 3.63) is 54.1 Å². The molecular weight excluding hydrogens is 390 g/mol. The van der Waals surface area contributed by atoms with E-state index in [1.54, 1.807) is 36.4 Å². The Labute approximate surface area is 170 Å². The number of amides is 2. The van der Waals surface area contributed by atoms with Crippen LogP contribution >= 0.6 is 0 Å². The lowest BCUT2D eigenvalue weighted by Crippen LogP contribution is -2.42. The number of hydrogen-bond donors (Lipinski definition) is 1. The summed E-state index contributed by atoms with van der Waals surface area (Å²) >= 11 is 0. The summed E-state index contributed by atoms with van der Waals surface area (Å²) in [7, 11) is -3.66. The van der Waals surface area contributed by atoms with Gasteiger partial charge in [-0.3, -0.25) is 14.5 Å². The number of anilines is 2. The van der Waals surface area contributed by atoms with Gasteiger partial charge in [-0.1, -0.05) is 31.0 Å². The standard InChI is InChI=1S/C21H23N3O4S/c25-20-15-24(19-11-4-3-10-18(19)22-20)21(26)16-8-7-9-17(14-16)29(27,28)23-12-5-1-2-6-13-23/h3-4,7-11,14H,1-2,5-6,12-13,15H2,(H,22,25). The molecule has 0 radical (unpaired) electrons. The van der Waals surface area contributed by atoms with Crippen molar-refractivity contribution in [1.29, 1.82) is 0 Å². The van der Waals surface area contributed by atoms with Crippen LogP contribution in [0.4, 0.5) is 11.4 Å². The Hall–Kier alpha value is -2.71. The van der Waals surface area contributed by atoms with Crippen LogP contribution in [0.5, 0.6) is 0 Å². The molecule has 2 aromatic rings. The maximum Gasteiger partial charge on any atom is 0.258 e. The first kappa shape index (κ1) is 19.6. The van der Waals surface area contributed by atoms with Crippen molar-refractivity contribution < 1.29 is 18.0 Å². The Bertz CT molecular complexity index is 1040. The topological polar surface area (TPSA) is 86.8 Å². The number of nitrogens with zero attached hydrogens (tertiary/aromatic N) is 2. The molecule has 2 aromatic carbocycles. The molecule has 4 rings (SSSR count). The van der Waals surface area contributed by atoms with Crippen LogP contribution < -0.4 is 10.2 Å². The molecule has 29 heavy (non-hydrogen) atoms. The van der Waals surface area contributed by atoms with Gasteiger partial charge in [-0.15, -0.1) is 0 Å². The molecule has 0 spiro atoms. The molecule has 1 N–H and O–H groups in total. The van der Waals surface area contributed by atoms with Crippen LogP contribution in [-0.4, -0.2) is 44.2 Å². The van der Waals surface area contributed by atoms with Gasteiger partial charge in [-0.2, -0.15) is 4.31 Å².